The van der Waals surface area contributed by atoms with Gasteiger partial charge in [0.15, 0.2) is 0 Å². The highest BCUT2D eigenvalue weighted by Crippen LogP contribution is 2.18. The molecule has 1 amide bonds. The fraction of sp³-hybridized carbons (Fsp3) is 0.643. The first kappa shape index (κ1) is 16.9. The van der Waals surface area contributed by atoms with Crippen LogP contribution in [-0.4, -0.2) is 53.9 Å². The summed E-state index contributed by atoms with van der Waals surface area (Å²) in [6.07, 6.45) is 0.495. The number of carboxylic acid groups (broad SMARTS) is 1. The number of hydrogen-bond acceptors (Lipinski definition) is 6. The van der Waals surface area contributed by atoms with Crippen molar-refractivity contribution in [3.8, 4) is 0 Å². The number of carbonyl (C=O) groups is 2. The SMILES string of the molecule is Cc1nc(C)c(CC(=O)N[C@@H]2COCC[C@@H]2OCC(=O)O)s1. The Morgan fingerprint density at radius 2 is 2.27 bits per heavy atom. The molecule has 1 saturated heterocycles. The van der Waals surface area contributed by atoms with Gasteiger partial charge in [-0.1, -0.05) is 0 Å². The van der Waals surface area contributed by atoms with Crippen LogP contribution in [0.5, 0.6) is 0 Å². The van der Waals surface area contributed by atoms with E-state index < -0.39 is 5.97 Å². The molecule has 1 fully saturated rings. The van der Waals surface area contributed by atoms with Gasteiger partial charge in [0.2, 0.25) is 5.91 Å². The first-order valence-corrected chi connectivity index (χ1v) is 7.90. The lowest BCUT2D eigenvalue weighted by atomic mass is 10.1. The van der Waals surface area contributed by atoms with E-state index in [1.54, 1.807) is 0 Å². The maximum atomic E-state index is 12.2. The number of amides is 1. The average molecular weight is 328 g/mol. The summed E-state index contributed by atoms with van der Waals surface area (Å²) in [5.74, 6) is -1.15. The molecular weight excluding hydrogens is 308 g/mol. The van der Waals surface area contributed by atoms with Gasteiger partial charge in [0, 0.05) is 11.5 Å². The Kier molecular flexibility index (Phi) is 5.87. The van der Waals surface area contributed by atoms with Crippen LogP contribution in [0.3, 0.4) is 0 Å². The van der Waals surface area contributed by atoms with Gasteiger partial charge in [0.25, 0.3) is 0 Å². The van der Waals surface area contributed by atoms with Crippen molar-refractivity contribution in [1.29, 1.82) is 0 Å². The molecule has 0 spiro atoms. The van der Waals surface area contributed by atoms with Crippen molar-refractivity contribution < 1.29 is 24.2 Å². The molecule has 1 aromatic rings. The molecule has 0 aromatic carbocycles. The molecule has 2 heterocycles. The number of aromatic nitrogens is 1. The predicted molar refractivity (Wildman–Crippen MR) is 80.0 cm³/mol. The summed E-state index contributed by atoms with van der Waals surface area (Å²) in [6, 6.07) is -0.324. The zero-order valence-corrected chi connectivity index (χ0v) is 13.4. The van der Waals surface area contributed by atoms with Gasteiger partial charge in [-0.05, 0) is 20.3 Å². The van der Waals surface area contributed by atoms with Crippen LogP contribution in [0.25, 0.3) is 0 Å². The van der Waals surface area contributed by atoms with Gasteiger partial charge in [-0.2, -0.15) is 0 Å². The summed E-state index contributed by atoms with van der Waals surface area (Å²) in [5.41, 5.74) is 0.872. The Labute approximate surface area is 132 Å². The van der Waals surface area contributed by atoms with E-state index in [1.807, 2.05) is 13.8 Å². The number of carbonyl (C=O) groups excluding carboxylic acids is 1. The lowest BCUT2D eigenvalue weighted by Crippen LogP contribution is -2.51. The van der Waals surface area contributed by atoms with E-state index >= 15 is 0 Å². The smallest absolute Gasteiger partial charge is 0.329 e. The number of hydrogen-bond donors (Lipinski definition) is 2. The number of nitrogens with one attached hydrogen (secondary N) is 1. The summed E-state index contributed by atoms with van der Waals surface area (Å²) in [6.45, 7) is 4.25. The summed E-state index contributed by atoms with van der Waals surface area (Å²) >= 11 is 1.51. The largest absolute Gasteiger partial charge is 0.480 e. The van der Waals surface area contributed by atoms with E-state index in [2.05, 4.69) is 10.3 Å². The van der Waals surface area contributed by atoms with Gasteiger partial charge in [0.1, 0.15) is 6.61 Å². The predicted octanol–water partition coefficient (Wildman–Crippen LogP) is 0.677. The van der Waals surface area contributed by atoms with E-state index in [0.717, 1.165) is 15.6 Å². The van der Waals surface area contributed by atoms with Gasteiger partial charge >= 0.3 is 5.97 Å². The number of thiazole rings is 1. The van der Waals surface area contributed by atoms with Crippen LogP contribution < -0.4 is 5.32 Å². The quantitative estimate of drug-likeness (QED) is 0.797. The topological polar surface area (TPSA) is 97.8 Å². The normalized spacial score (nSPS) is 21.5. The minimum absolute atomic E-state index is 0.133. The highest BCUT2D eigenvalue weighted by Gasteiger charge is 2.28. The van der Waals surface area contributed by atoms with Crippen LogP contribution in [0.2, 0.25) is 0 Å². The molecule has 0 unspecified atom stereocenters. The van der Waals surface area contributed by atoms with Crippen LogP contribution in [0.1, 0.15) is 22.0 Å². The van der Waals surface area contributed by atoms with Crippen molar-refractivity contribution >= 4 is 23.2 Å². The number of aryl methyl sites for hydroxylation is 2. The molecule has 0 saturated carbocycles. The van der Waals surface area contributed by atoms with Crippen molar-refractivity contribution in [2.45, 2.75) is 38.8 Å². The monoisotopic (exact) mass is 328 g/mol. The molecule has 0 bridgehead atoms. The van der Waals surface area contributed by atoms with Crippen molar-refractivity contribution in [3.63, 3.8) is 0 Å². The van der Waals surface area contributed by atoms with Gasteiger partial charge in [-0.3, -0.25) is 4.79 Å². The zero-order chi connectivity index (χ0) is 16.1. The fourth-order valence-corrected chi connectivity index (χ4v) is 3.31. The van der Waals surface area contributed by atoms with Gasteiger partial charge in [0.05, 0.1) is 35.9 Å². The molecule has 0 radical (unpaired) electrons. The first-order valence-electron chi connectivity index (χ1n) is 7.09. The maximum absolute atomic E-state index is 12.2. The Morgan fingerprint density at radius 3 is 2.91 bits per heavy atom. The number of carboxylic acids is 1. The Hall–Kier alpha value is -1.51. The van der Waals surface area contributed by atoms with Crippen LogP contribution in [0, 0.1) is 13.8 Å². The lowest BCUT2D eigenvalue weighted by molar-refractivity contribution is -0.148. The van der Waals surface area contributed by atoms with Gasteiger partial charge in [-0.25, -0.2) is 9.78 Å². The standard InChI is InChI=1S/C14H20N2O5S/c1-8-12(22-9(2)15-8)5-13(17)16-10-6-20-4-3-11(10)21-7-14(18)19/h10-11H,3-7H2,1-2H3,(H,16,17)(H,18,19)/t10-,11+/m1/s1. The van der Waals surface area contributed by atoms with E-state index in [0.29, 0.717) is 19.6 Å². The number of aliphatic carboxylic acids is 1. The molecule has 122 valence electrons. The third-order valence-electron chi connectivity index (χ3n) is 3.38. The summed E-state index contributed by atoms with van der Waals surface area (Å²) < 4.78 is 10.7. The van der Waals surface area contributed by atoms with Crippen LogP contribution in [-0.2, 0) is 25.5 Å². The van der Waals surface area contributed by atoms with E-state index in [1.165, 1.54) is 11.3 Å². The average Bonchev–Trinajstić information content (AvgIpc) is 2.75. The third-order valence-corrected chi connectivity index (χ3v) is 4.45. The Balaban J connectivity index is 1.90. The van der Waals surface area contributed by atoms with Crippen LogP contribution in [0.4, 0.5) is 0 Å². The first-order chi connectivity index (χ1) is 10.5. The molecule has 1 aliphatic rings. The second-order valence-electron chi connectivity index (χ2n) is 5.20. The number of nitrogens with zero attached hydrogens (tertiary/aromatic N) is 1. The highest BCUT2D eigenvalue weighted by atomic mass is 32.1. The van der Waals surface area contributed by atoms with E-state index in [-0.39, 0.29) is 31.1 Å². The molecule has 8 heteroatoms. The third kappa shape index (κ3) is 4.75. The van der Waals surface area contributed by atoms with E-state index in [9.17, 15) is 9.59 Å². The van der Waals surface area contributed by atoms with Crippen molar-refractivity contribution in [2.75, 3.05) is 19.8 Å². The highest BCUT2D eigenvalue weighted by molar-refractivity contribution is 7.11. The molecule has 2 N–H and O–H groups in total. The molecule has 1 aliphatic heterocycles. The molecule has 2 rings (SSSR count). The molecule has 7 nitrogen and oxygen atoms in total. The molecule has 1 aromatic heterocycles. The summed E-state index contributed by atoms with van der Waals surface area (Å²) in [4.78, 5) is 28.0. The Bertz CT molecular complexity index is 545. The fourth-order valence-electron chi connectivity index (χ4n) is 2.37. The maximum Gasteiger partial charge on any atom is 0.329 e. The molecule has 22 heavy (non-hydrogen) atoms. The Morgan fingerprint density at radius 1 is 1.50 bits per heavy atom. The van der Waals surface area contributed by atoms with Crippen LogP contribution in [0.15, 0.2) is 0 Å². The summed E-state index contributed by atoms with van der Waals surface area (Å²) in [7, 11) is 0. The zero-order valence-electron chi connectivity index (χ0n) is 12.6. The molecule has 2 atom stereocenters. The molecule has 0 aliphatic carbocycles. The van der Waals surface area contributed by atoms with Gasteiger partial charge < -0.3 is 19.9 Å². The minimum atomic E-state index is -1.02. The minimum Gasteiger partial charge on any atom is -0.480 e. The van der Waals surface area contributed by atoms with Crippen molar-refractivity contribution in [3.05, 3.63) is 15.6 Å². The van der Waals surface area contributed by atoms with E-state index in [4.69, 9.17) is 14.6 Å². The molecular formula is C14H20N2O5S. The number of ether oxygens (including phenoxy) is 2. The second kappa shape index (κ2) is 7.66. The van der Waals surface area contributed by atoms with Crippen molar-refractivity contribution in [2.24, 2.45) is 0 Å². The summed E-state index contributed by atoms with van der Waals surface area (Å²) in [5, 5.41) is 12.5. The van der Waals surface area contributed by atoms with Gasteiger partial charge in [-0.15, -0.1) is 11.3 Å². The number of rotatable bonds is 6. The second-order valence-corrected chi connectivity index (χ2v) is 6.49. The lowest BCUT2D eigenvalue weighted by Gasteiger charge is -2.31. The van der Waals surface area contributed by atoms with Crippen molar-refractivity contribution in [1.82, 2.24) is 10.3 Å². The van der Waals surface area contributed by atoms with Crippen LogP contribution >= 0.6 is 11.3 Å².